The minimum Gasteiger partial charge on any atom is -0.381 e. The van der Waals surface area contributed by atoms with Crippen LogP contribution in [0.5, 0.6) is 0 Å². The summed E-state index contributed by atoms with van der Waals surface area (Å²) >= 11 is 3.32. The lowest BCUT2D eigenvalue weighted by atomic mass is 10.0. The number of alkyl halides is 3. The molecule has 1 fully saturated rings. The number of rotatable bonds is 4. The molecule has 0 bridgehead atoms. The molecule has 0 aliphatic carbocycles. The molecule has 0 radical (unpaired) electrons. The molecule has 0 aromatic heterocycles. The van der Waals surface area contributed by atoms with Gasteiger partial charge in [-0.1, -0.05) is 6.92 Å². The van der Waals surface area contributed by atoms with Crippen LogP contribution in [-0.2, 0) is 6.18 Å². The van der Waals surface area contributed by atoms with E-state index in [0.29, 0.717) is 10.2 Å². The van der Waals surface area contributed by atoms with Gasteiger partial charge in [-0.15, -0.1) is 0 Å². The minimum atomic E-state index is -4.30. The topological polar surface area (TPSA) is 15.3 Å². The number of hydrogen-bond acceptors (Lipinski definition) is 2. The molecule has 1 aliphatic rings. The van der Waals surface area contributed by atoms with Crippen molar-refractivity contribution in [3.8, 4) is 0 Å². The van der Waals surface area contributed by atoms with E-state index >= 15 is 0 Å². The van der Waals surface area contributed by atoms with Crippen LogP contribution in [0.2, 0.25) is 0 Å². The maximum absolute atomic E-state index is 12.8. The summed E-state index contributed by atoms with van der Waals surface area (Å²) < 4.78 is 39.0. The van der Waals surface area contributed by atoms with Gasteiger partial charge in [-0.3, -0.25) is 0 Å². The number of halogens is 4. The zero-order valence-corrected chi connectivity index (χ0v) is 13.6. The average Bonchev–Trinajstić information content (AvgIpc) is 2.42. The standard InChI is InChI=1S/C15H20BrF3N2/c1-2-7-21-8-5-12(6-9-21)20-14-10-11(15(17,18)19)3-4-13(14)16/h3-4,10,12,20H,2,5-9H2,1H3. The van der Waals surface area contributed by atoms with Crippen molar-refractivity contribution in [2.75, 3.05) is 25.0 Å². The summed E-state index contributed by atoms with van der Waals surface area (Å²) in [6.07, 6.45) is -1.25. The van der Waals surface area contributed by atoms with Gasteiger partial charge < -0.3 is 10.2 Å². The number of anilines is 1. The van der Waals surface area contributed by atoms with Gasteiger partial charge >= 0.3 is 6.18 Å². The third-order valence-corrected chi connectivity index (χ3v) is 4.47. The molecule has 1 aliphatic heterocycles. The first-order valence-electron chi connectivity index (χ1n) is 7.25. The van der Waals surface area contributed by atoms with E-state index in [0.717, 1.165) is 45.0 Å². The highest BCUT2D eigenvalue weighted by atomic mass is 79.9. The van der Waals surface area contributed by atoms with E-state index in [1.165, 1.54) is 12.1 Å². The molecule has 1 N–H and O–H groups in total. The van der Waals surface area contributed by atoms with Crippen molar-refractivity contribution in [1.29, 1.82) is 0 Å². The normalized spacial score (nSPS) is 18.0. The number of piperidine rings is 1. The smallest absolute Gasteiger partial charge is 0.381 e. The van der Waals surface area contributed by atoms with E-state index in [1.54, 1.807) is 0 Å². The molecule has 2 nitrogen and oxygen atoms in total. The molecule has 1 heterocycles. The summed E-state index contributed by atoms with van der Waals surface area (Å²) in [7, 11) is 0. The van der Waals surface area contributed by atoms with Gasteiger partial charge in [0.25, 0.3) is 0 Å². The Morgan fingerprint density at radius 1 is 1.29 bits per heavy atom. The Labute approximate surface area is 131 Å². The summed E-state index contributed by atoms with van der Waals surface area (Å²) in [5.74, 6) is 0. The maximum atomic E-state index is 12.8. The molecule has 0 amide bonds. The third kappa shape index (κ3) is 4.61. The summed E-state index contributed by atoms with van der Waals surface area (Å²) in [6, 6.07) is 3.97. The summed E-state index contributed by atoms with van der Waals surface area (Å²) in [5.41, 5.74) is -0.0876. The molecule has 21 heavy (non-hydrogen) atoms. The molecule has 118 valence electrons. The molecule has 0 spiro atoms. The first-order chi connectivity index (χ1) is 9.90. The van der Waals surface area contributed by atoms with Crippen LogP contribution in [0.1, 0.15) is 31.7 Å². The first-order valence-corrected chi connectivity index (χ1v) is 8.05. The van der Waals surface area contributed by atoms with Gasteiger partial charge in [0.1, 0.15) is 0 Å². The Bertz CT molecular complexity index is 468. The zero-order valence-electron chi connectivity index (χ0n) is 12.0. The van der Waals surface area contributed by atoms with Crippen molar-refractivity contribution < 1.29 is 13.2 Å². The van der Waals surface area contributed by atoms with Crippen molar-refractivity contribution in [2.45, 2.75) is 38.4 Å². The Hall–Kier alpha value is -0.750. The highest BCUT2D eigenvalue weighted by molar-refractivity contribution is 9.10. The quantitative estimate of drug-likeness (QED) is 0.828. The van der Waals surface area contributed by atoms with Crippen molar-refractivity contribution >= 4 is 21.6 Å². The van der Waals surface area contributed by atoms with Gasteiger partial charge in [0.05, 0.1) is 5.56 Å². The van der Waals surface area contributed by atoms with E-state index in [9.17, 15) is 13.2 Å². The van der Waals surface area contributed by atoms with Crippen LogP contribution >= 0.6 is 15.9 Å². The Morgan fingerprint density at radius 3 is 2.52 bits per heavy atom. The van der Waals surface area contributed by atoms with Gasteiger partial charge in [0.2, 0.25) is 0 Å². The maximum Gasteiger partial charge on any atom is 0.416 e. The fourth-order valence-corrected chi connectivity index (χ4v) is 3.01. The molecular formula is C15H20BrF3N2. The second-order valence-corrected chi connectivity index (χ2v) is 6.31. The number of nitrogens with one attached hydrogen (secondary N) is 1. The fraction of sp³-hybridized carbons (Fsp3) is 0.600. The predicted octanol–water partition coefficient (Wildman–Crippen LogP) is 4.75. The molecule has 0 unspecified atom stereocenters. The van der Waals surface area contributed by atoms with E-state index in [1.807, 2.05) is 0 Å². The third-order valence-electron chi connectivity index (χ3n) is 3.78. The lowest BCUT2D eigenvalue weighted by Crippen LogP contribution is -2.39. The van der Waals surface area contributed by atoms with Crippen molar-refractivity contribution in [3.63, 3.8) is 0 Å². The Kier molecular flexibility index (Phi) is 5.54. The van der Waals surface area contributed by atoms with E-state index in [-0.39, 0.29) is 6.04 Å². The van der Waals surface area contributed by atoms with Crippen LogP contribution < -0.4 is 5.32 Å². The molecule has 1 aromatic rings. The number of likely N-dealkylation sites (tertiary alicyclic amines) is 1. The lowest BCUT2D eigenvalue weighted by Gasteiger charge is -2.33. The summed E-state index contributed by atoms with van der Waals surface area (Å²) in [5, 5.41) is 3.25. The van der Waals surface area contributed by atoms with Crippen molar-refractivity contribution in [2.24, 2.45) is 0 Å². The van der Waals surface area contributed by atoms with Crippen molar-refractivity contribution in [3.05, 3.63) is 28.2 Å². The van der Waals surface area contributed by atoms with Crippen LogP contribution in [0.15, 0.2) is 22.7 Å². The average molecular weight is 365 g/mol. The Balaban J connectivity index is 2.00. The van der Waals surface area contributed by atoms with Gasteiger partial charge in [-0.05, 0) is 59.9 Å². The molecule has 1 aromatic carbocycles. The second-order valence-electron chi connectivity index (χ2n) is 5.45. The molecule has 2 rings (SSSR count). The molecular weight excluding hydrogens is 345 g/mol. The zero-order chi connectivity index (χ0) is 15.5. The highest BCUT2D eigenvalue weighted by Gasteiger charge is 2.31. The molecule has 6 heteroatoms. The Morgan fingerprint density at radius 2 is 1.95 bits per heavy atom. The van der Waals surface area contributed by atoms with Crippen LogP contribution in [0, 0.1) is 0 Å². The van der Waals surface area contributed by atoms with E-state index in [4.69, 9.17) is 0 Å². The monoisotopic (exact) mass is 364 g/mol. The van der Waals surface area contributed by atoms with Crippen molar-refractivity contribution in [1.82, 2.24) is 4.90 Å². The minimum absolute atomic E-state index is 0.234. The lowest BCUT2D eigenvalue weighted by molar-refractivity contribution is -0.137. The largest absolute Gasteiger partial charge is 0.416 e. The van der Waals surface area contributed by atoms with Crippen LogP contribution in [0.3, 0.4) is 0 Å². The van der Waals surface area contributed by atoms with Gasteiger partial charge in [-0.2, -0.15) is 13.2 Å². The number of hydrogen-bond donors (Lipinski definition) is 1. The fourth-order valence-electron chi connectivity index (χ4n) is 2.65. The predicted molar refractivity (Wildman–Crippen MR) is 82.5 cm³/mol. The SMILES string of the molecule is CCCN1CCC(Nc2cc(C(F)(F)F)ccc2Br)CC1. The second kappa shape index (κ2) is 7.01. The van der Waals surface area contributed by atoms with Crippen LogP contribution in [0.4, 0.5) is 18.9 Å². The summed E-state index contributed by atoms with van der Waals surface area (Å²) in [4.78, 5) is 2.40. The molecule has 0 saturated carbocycles. The molecule has 0 atom stereocenters. The molecule has 1 saturated heterocycles. The van der Waals surface area contributed by atoms with E-state index < -0.39 is 11.7 Å². The van der Waals surface area contributed by atoms with Gasteiger partial charge in [0.15, 0.2) is 0 Å². The first kappa shape index (κ1) is 16.6. The highest BCUT2D eigenvalue weighted by Crippen LogP contribution is 2.34. The van der Waals surface area contributed by atoms with E-state index in [2.05, 4.69) is 33.1 Å². The van der Waals surface area contributed by atoms with Gasteiger partial charge in [0, 0.05) is 29.3 Å². The summed E-state index contributed by atoms with van der Waals surface area (Å²) in [6.45, 7) is 5.26. The van der Waals surface area contributed by atoms with Crippen LogP contribution in [0.25, 0.3) is 0 Å². The number of benzene rings is 1. The number of nitrogens with zero attached hydrogens (tertiary/aromatic N) is 1. The van der Waals surface area contributed by atoms with Gasteiger partial charge in [-0.25, -0.2) is 0 Å². The van der Waals surface area contributed by atoms with Crippen LogP contribution in [-0.4, -0.2) is 30.6 Å².